The van der Waals surface area contributed by atoms with E-state index in [4.69, 9.17) is 4.74 Å². The van der Waals surface area contributed by atoms with Crippen molar-refractivity contribution in [3.05, 3.63) is 29.3 Å². The SMILES string of the molecule is CCCNCc1cc(F)c(OCCCSCC)c(F)c1. The highest BCUT2D eigenvalue weighted by Gasteiger charge is 2.12. The number of nitrogens with one attached hydrogen (secondary N) is 1. The summed E-state index contributed by atoms with van der Waals surface area (Å²) in [6.07, 6.45) is 1.78. The molecule has 0 amide bonds. The molecule has 2 nitrogen and oxygen atoms in total. The van der Waals surface area contributed by atoms with Gasteiger partial charge >= 0.3 is 0 Å². The van der Waals surface area contributed by atoms with Gasteiger partial charge in [0.15, 0.2) is 17.4 Å². The molecule has 0 spiro atoms. The lowest BCUT2D eigenvalue weighted by atomic mass is 10.2. The molecule has 20 heavy (non-hydrogen) atoms. The summed E-state index contributed by atoms with van der Waals surface area (Å²) in [6, 6.07) is 2.67. The molecule has 0 aliphatic carbocycles. The fourth-order valence-electron chi connectivity index (χ4n) is 1.74. The highest BCUT2D eigenvalue weighted by molar-refractivity contribution is 7.99. The number of hydrogen-bond donors (Lipinski definition) is 1. The van der Waals surface area contributed by atoms with Gasteiger partial charge in [-0.3, -0.25) is 0 Å². The van der Waals surface area contributed by atoms with E-state index in [2.05, 4.69) is 12.2 Å². The van der Waals surface area contributed by atoms with Crippen LogP contribution in [0, 0.1) is 11.6 Å². The van der Waals surface area contributed by atoms with Crippen LogP contribution in [-0.2, 0) is 6.54 Å². The van der Waals surface area contributed by atoms with Crippen molar-refractivity contribution in [2.45, 2.75) is 33.2 Å². The monoisotopic (exact) mass is 303 g/mol. The van der Waals surface area contributed by atoms with Crippen molar-refractivity contribution in [3.63, 3.8) is 0 Å². The number of halogens is 2. The van der Waals surface area contributed by atoms with Gasteiger partial charge in [0.05, 0.1) is 6.61 Å². The minimum atomic E-state index is -0.624. The van der Waals surface area contributed by atoms with Crippen LogP contribution in [-0.4, -0.2) is 24.7 Å². The van der Waals surface area contributed by atoms with E-state index in [0.717, 1.165) is 30.9 Å². The topological polar surface area (TPSA) is 21.3 Å². The molecule has 0 aliphatic rings. The highest BCUT2D eigenvalue weighted by Crippen LogP contribution is 2.23. The first-order valence-corrected chi connectivity index (χ1v) is 8.23. The highest BCUT2D eigenvalue weighted by atomic mass is 32.2. The van der Waals surface area contributed by atoms with E-state index in [1.165, 1.54) is 12.1 Å². The van der Waals surface area contributed by atoms with Crippen molar-refractivity contribution < 1.29 is 13.5 Å². The predicted molar refractivity (Wildman–Crippen MR) is 81.5 cm³/mol. The molecule has 1 rings (SSSR count). The van der Waals surface area contributed by atoms with Crippen molar-refractivity contribution in [1.29, 1.82) is 0 Å². The zero-order valence-corrected chi connectivity index (χ0v) is 13.0. The molecule has 1 aromatic rings. The van der Waals surface area contributed by atoms with E-state index in [-0.39, 0.29) is 5.75 Å². The summed E-state index contributed by atoms with van der Waals surface area (Å²) in [4.78, 5) is 0. The molecule has 0 saturated heterocycles. The Balaban J connectivity index is 2.51. The molecule has 0 bridgehead atoms. The first-order chi connectivity index (χ1) is 9.69. The number of benzene rings is 1. The lowest BCUT2D eigenvalue weighted by Crippen LogP contribution is -2.14. The predicted octanol–water partition coefficient (Wildman–Crippen LogP) is 3.99. The molecule has 114 valence electrons. The molecule has 1 N–H and O–H groups in total. The van der Waals surface area contributed by atoms with Crippen molar-refractivity contribution in [1.82, 2.24) is 5.32 Å². The van der Waals surface area contributed by atoms with Gasteiger partial charge in [-0.05, 0) is 48.6 Å². The van der Waals surface area contributed by atoms with Gasteiger partial charge in [-0.2, -0.15) is 11.8 Å². The molecule has 0 radical (unpaired) electrons. The Hall–Kier alpha value is -0.810. The maximum absolute atomic E-state index is 13.8. The van der Waals surface area contributed by atoms with Gasteiger partial charge in [0.2, 0.25) is 0 Å². The molecule has 0 atom stereocenters. The third-order valence-corrected chi connectivity index (χ3v) is 3.68. The number of hydrogen-bond acceptors (Lipinski definition) is 3. The van der Waals surface area contributed by atoms with Gasteiger partial charge in [-0.15, -0.1) is 0 Å². The second-order valence-electron chi connectivity index (χ2n) is 4.46. The second kappa shape index (κ2) is 10.00. The van der Waals surface area contributed by atoms with Crippen molar-refractivity contribution in [3.8, 4) is 5.75 Å². The fraction of sp³-hybridized carbons (Fsp3) is 0.600. The van der Waals surface area contributed by atoms with E-state index >= 15 is 0 Å². The summed E-state index contributed by atoms with van der Waals surface area (Å²) in [7, 11) is 0. The average Bonchev–Trinajstić information content (AvgIpc) is 2.41. The smallest absolute Gasteiger partial charge is 0.190 e. The van der Waals surface area contributed by atoms with Crippen molar-refractivity contribution in [2.75, 3.05) is 24.7 Å². The van der Waals surface area contributed by atoms with E-state index < -0.39 is 11.6 Å². The third kappa shape index (κ3) is 6.09. The lowest BCUT2D eigenvalue weighted by molar-refractivity contribution is 0.285. The zero-order valence-electron chi connectivity index (χ0n) is 12.2. The second-order valence-corrected chi connectivity index (χ2v) is 5.86. The first kappa shape index (κ1) is 17.2. The lowest BCUT2D eigenvalue weighted by Gasteiger charge is -2.10. The Labute approximate surface area is 124 Å². The van der Waals surface area contributed by atoms with Gasteiger partial charge < -0.3 is 10.1 Å². The Morgan fingerprint density at radius 1 is 1.20 bits per heavy atom. The van der Waals surface area contributed by atoms with Gasteiger partial charge in [-0.25, -0.2) is 8.78 Å². The van der Waals surface area contributed by atoms with Gasteiger partial charge in [0.1, 0.15) is 0 Å². The van der Waals surface area contributed by atoms with Crippen LogP contribution in [0.15, 0.2) is 12.1 Å². The first-order valence-electron chi connectivity index (χ1n) is 7.08. The van der Waals surface area contributed by atoms with Crippen LogP contribution < -0.4 is 10.1 Å². The largest absolute Gasteiger partial charge is 0.488 e. The van der Waals surface area contributed by atoms with Gasteiger partial charge in [0.25, 0.3) is 0 Å². The van der Waals surface area contributed by atoms with Crippen LogP contribution in [0.1, 0.15) is 32.3 Å². The summed E-state index contributed by atoms with van der Waals surface area (Å²) >= 11 is 1.79. The molecule has 0 aromatic heterocycles. The minimum Gasteiger partial charge on any atom is -0.488 e. The minimum absolute atomic E-state index is 0.259. The average molecular weight is 303 g/mol. The molecule has 0 unspecified atom stereocenters. The van der Waals surface area contributed by atoms with Gasteiger partial charge in [0, 0.05) is 6.54 Å². The maximum atomic E-state index is 13.8. The summed E-state index contributed by atoms with van der Waals surface area (Å²) in [5.74, 6) is 0.481. The summed E-state index contributed by atoms with van der Waals surface area (Å²) in [5, 5.41) is 3.11. The standard InChI is InChI=1S/C15H23F2NOS/c1-3-6-18-11-12-9-13(16)15(14(17)10-12)19-7-5-8-20-4-2/h9-10,18H,3-8,11H2,1-2H3. The van der Waals surface area contributed by atoms with Crippen LogP contribution in [0.2, 0.25) is 0 Å². The summed E-state index contributed by atoms with van der Waals surface area (Å²) in [6.45, 7) is 5.76. The Morgan fingerprint density at radius 2 is 1.90 bits per heavy atom. The van der Waals surface area contributed by atoms with Crippen molar-refractivity contribution >= 4 is 11.8 Å². The van der Waals surface area contributed by atoms with Crippen LogP contribution in [0.4, 0.5) is 8.78 Å². The molecule has 5 heteroatoms. The van der Waals surface area contributed by atoms with Gasteiger partial charge in [-0.1, -0.05) is 13.8 Å². The normalized spacial score (nSPS) is 10.8. The Kier molecular flexibility index (Phi) is 8.62. The van der Waals surface area contributed by atoms with Crippen LogP contribution >= 0.6 is 11.8 Å². The quantitative estimate of drug-likeness (QED) is 0.660. The molecule has 0 heterocycles. The van der Waals surface area contributed by atoms with Crippen molar-refractivity contribution in [2.24, 2.45) is 0 Å². The molecule has 0 aliphatic heterocycles. The number of ether oxygens (including phenoxy) is 1. The van der Waals surface area contributed by atoms with Crippen LogP contribution in [0.3, 0.4) is 0 Å². The molecule has 0 fully saturated rings. The Bertz CT molecular complexity index is 378. The molecule has 1 aromatic carbocycles. The van der Waals surface area contributed by atoms with E-state index in [9.17, 15) is 8.78 Å². The summed E-state index contributed by atoms with van der Waals surface area (Å²) < 4.78 is 32.8. The number of rotatable bonds is 10. The zero-order chi connectivity index (χ0) is 14.8. The number of thioether (sulfide) groups is 1. The fourth-order valence-corrected chi connectivity index (χ4v) is 2.35. The van der Waals surface area contributed by atoms with Crippen LogP contribution in [0.5, 0.6) is 5.75 Å². The third-order valence-electron chi connectivity index (χ3n) is 2.70. The molecular weight excluding hydrogens is 280 g/mol. The maximum Gasteiger partial charge on any atom is 0.190 e. The van der Waals surface area contributed by atoms with E-state index in [1.54, 1.807) is 11.8 Å². The molecular formula is C15H23F2NOS. The molecule has 0 saturated carbocycles. The van der Waals surface area contributed by atoms with E-state index in [0.29, 0.717) is 18.7 Å². The summed E-state index contributed by atoms with van der Waals surface area (Å²) in [5.41, 5.74) is 0.599. The van der Waals surface area contributed by atoms with Crippen LogP contribution in [0.25, 0.3) is 0 Å². The Morgan fingerprint density at radius 3 is 2.50 bits per heavy atom. The van der Waals surface area contributed by atoms with E-state index in [1.807, 2.05) is 6.92 Å².